The van der Waals surface area contributed by atoms with Crippen LogP contribution in [0.1, 0.15) is 30.1 Å². The molecular formula is C14H20O6S. The monoisotopic (exact) mass is 316 g/mol. The van der Waals surface area contributed by atoms with Crippen LogP contribution in [0.25, 0.3) is 0 Å². The number of aromatic carboxylic acids is 1. The van der Waals surface area contributed by atoms with Crippen molar-refractivity contribution >= 4 is 15.8 Å². The van der Waals surface area contributed by atoms with Gasteiger partial charge < -0.3 is 14.6 Å². The van der Waals surface area contributed by atoms with Gasteiger partial charge in [0.15, 0.2) is 9.84 Å². The van der Waals surface area contributed by atoms with E-state index in [0.717, 1.165) is 18.9 Å². The Morgan fingerprint density at radius 3 is 2.57 bits per heavy atom. The lowest BCUT2D eigenvalue weighted by Crippen LogP contribution is -2.14. The molecule has 0 aromatic heterocycles. The van der Waals surface area contributed by atoms with Gasteiger partial charge in [-0.15, -0.1) is 0 Å². The number of carboxylic acids is 1. The van der Waals surface area contributed by atoms with Gasteiger partial charge in [-0.05, 0) is 24.6 Å². The zero-order valence-corrected chi connectivity index (χ0v) is 13.0. The minimum absolute atomic E-state index is 0.0419. The van der Waals surface area contributed by atoms with E-state index in [1.165, 1.54) is 19.2 Å². The number of benzene rings is 1. The van der Waals surface area contributed by atoms with E-state index in [1.807, 2.05) is 6.92 Å². The average molecular weight is 316 g/mol. The van der Waals surface area contributed by atoms with Crippen molar-refractivity contribution in [1.29, 1.82) is 0 Å². The molecule has 1 aromatic carbocycles. The van der Waals surface area contributed by atoms with Crippen molar-refractivity contribution in [2.24, 2.45) is 0 Å². The van der Waals surface area contributed by atoms with Crippen LogP contribution in [0.2, 0.25) is 0 Å². The fourth-order valence-electron chi connectivity index (χ4n) is 1.68. The van der Waals surface area contributed by atoms with Crippen LogP contribution >= 0.6 is 0 Å². The summed E-state index contributed by atoms with van der Waals surface area (Å²) in [7, 11) is -2.24. The molecule has 0 unspecified atom stereocenters. The first-order valence-electron chi connectivity index (χ1n) is 6.64. The van der Waals surface area contributed by atoms with E-state index in [1.54, 1.807) is 0 Å². The van der Waals surface area contributed by atoms with Crippen LogP contribution in [0.4, 0.5) is 0 Å². The van der Waals surface area contributed by atoms with Gasteiger partial charge in [-0.3, -0.25) is 0 Å². The Balaban J connectivity index is 2.83. The van der Waals surface area contributed by atoms with E-state index in [2.05, 4.69) is 0 Å². The lowest BCUT2D eigenvalue weighted by atomic mass is 10.2. The first kappa shape index (κ1) is 17.5. The highest BCUT2D eigenvalue weighted by atomic mass is 32.2. The van der Waals surface area contributed by atoms with Gasteiger partial charge in [-0.25, -0.2) is 13.2 Å². The maximum atomic E-state index is 12.1. The quantitative estimate of drug-likeness (QED) is 0.701. The molecule has 0 amide bonds. The number of methoxy groups -OCH3 is 1. The second-order valence-corrected chi connectivity index (χ2v) is 6.56. The largest absolute Gasteiger partial charge is 0.496 e. The molecule has 0 spiro atoms. The van der Waals surface area contributed by atoms with Crippen molar-refractivity contribution in [2.45, 2.75) is 24.7 Å². The summed E-state index contributed by atoms with van der Waals surface area (Å²) < 4.78 is 34.4. The van der Waals surface area contributed by atoms with Crippen LogP contribution in [-0.4, -0.2) is 45.6 Å². The van der Waals surface area contributed by atoms with Crippen LogP contribution in [0.5, 0.6) is 5.75 Å². The summed E-state index contributed by atoms with van der Waals surface area (Å²) in [4.78, 5) is 11.1. The third-order valence-electron chi connectivity index (χ3n) is 2.90. The SMILES string of the molecule is CCCCOCCS(=O)(=O)c1ccc(OC)c(C(=O)O)c1. The van der Waals surface area contributed by atoms with Crippen LogP contribution in [-0.2, 0) is 14.6 Å². The number of sulfone groups is 1. The number of rotatable bonds is 9. The van der Waals surface area contributed by atoms with Crippen molar-refractivity contribution in [3.63, 3.8) is 0 Å². The Morgan fingerprint density at radius 1 is 1.29 bits per heavy atom. The summed E-state index contributed by atoms with van der Waals surface area (Å²) in [5.41, 5.74) is -0.175. The predicted octanol–water partition coefficient (Wildman–Crippen LogP) is 1.98. The number of hydrogen-bond donors (Lipinski definition) is 1. The van der Waals surface area contributed by atoms with Gasteiger partial charge in [-0.1, -0.05) is 13.3 Å². The third kappa shape index (κ3) is 5.02. The molecular weight excluding hydrogens is 296 g/mol. The molecule has 21 heavy (non-hydrogen) atoms. The number of hydrogen-bond acceptors (Lipinski definition) is 5. The first-order chi connectivity index (χ1) is 9.92. The zero-order valence-electron chi connectivity index (χ0n) is 12.2. The van der Waals surface area contributed by atoms with Crippen LogP contribution < -0.4 is 4.74 Å². The van der Waals surface area contributed by atoms with Gasteiger partial charge in [0.1, 0.15) is 11.3 Å². The van der Waals surface area contributed by atoms with Gasteiger partial charge in [-0.2, -0.15) is 0 Å². The molecule has 0 fully saturated rings. The van der Waals surface area contributed by atoms with Gasteiger partial charge in [0.2, 0.25) is 0 Å². The Kier molecular flexibility index (Phi) is 6.64. The molecule has 0 heterocycles. The van der Waals surface area contributed by atoms with Crippen LogP contribution in [0, 0.1) is 0 Å². The highest BCUT2D eigenvalue weighted by Gasteiger charge is 2.19. The topological polar surface area (TPSA) is 89.9 Å². The lowest BCUT2D eigenvalue weighted by molar-refractivity contribution is 0.0693. The van der Waals surface area contributed by atoms with Gasteiger partial charge in [0, 0.05) is 6.61 Å². The number of ether oxygens (including phenoxy) is 2. The molecule has 0 aliphatic rings. The average Bonchev–Trinajstić information content (AvgIpc) is 2.46. The normalized spacial score (nSPS) is 11.3. The number of carboxylic acid groups (broad SMARTS) is 1. The van der Waals surface area contributed by atoms with Crippen molar-refractivity contribution < 1.29 is 27.8 Å². The molecule has 0 saturated carbocycles. The summed E-state index contributed by atoms with van der Waals surface area (Å²) in [5.74, 6) is -1.29. The number of carbonyl (C=O) groups is 1. The van der Waals surface area contributed by atoms with E-state index in [-0.39, 0.29) is 28.6 Å². The summed E-state index contributed by atoms with van der Waals surface area (Å²) in [5, 5.41) is 9.06. The Labute approximate surface area is 124 Å². The van der Waals surface area contributed by atoms with Crippen molar-refractivity contribution in [2.75, 3.05) is 26.1 Å². The molecule has 0 radical (unpaired) electrons. The molecule has 0 aliphatic heterocycles. The van der Waals surface area contributed by atoms with Gasteiger partial charge >= 0.3 is 5.97 Å². The summed E-state index contributed by atoms with van der Waals surface area (Å²) in [6, 6.07) is 3.80. The molecule has 1 N–H and O–H groups in total. The molecule has 0 bridgehead atoms. The molecule has 118 valence electrons. The minimum Gasteiger partial charge on any atom is -0.496 e. The summed E-state index contributed by atoms with van der Waals surface area (Å²) >= 11 is 0. The third-order valence-corrected chi connectivity index (χ3v) is 4.58. The van der Waals surface area contributed by atoms with Crippen molar-refractivity contribution in [3.05, 3.63) is 23.8 Å². The van der Waals surface area contributed by atoms with Crippen LogP contribution in [0.3, 0.4) is 0 Å². The van der Waals surface area contributed by atoms with Crippen LogP contribution in [0.15, 0.2) is 23.1 Å². The van der Waals surface area contributed by atoms with Gasteiger partial charge in [0.05, 0.1) is 24.4 Å². The molecule has 0 aliphatic carbocycles. The van der Waals surface area contributed by atoms with E-state index >= 15 is 0 Å². The van der Waals surface area contributed by atoms with Crippen molar-refractivity contribution in [1.82, 2.24) is 0 Å². The second-order valence-electron chi connectivity index (χ2n) is 4.45. The fraction of sp³-hybridized carbons (Fsp3) is 0.500. The maximum Gasteiger partial charge on any atom is 0.339 e. The predicted molar refractivity (Wildman–Crippen MR) is 77.7 cm³/mol. The summed E-state index contributed by atoms with van der Waals surface area (Å²) in [6.45, 7) is 2.64. The molecule has 1 rings (SSSR count). The Hall–Kier alpha value is -1.60. The molecule has 6 nitrogen and oxygen atoms in total. The standard InChI is InChI=1S/C14H20O6S/c1-3-4-7-20-8-9-21(17,18)11-5-6-13(19-2)12(10-11)14(15)16/h5-6,10H,3-4,7-9H2,1-2H3,(H,15,16). The number of unbranched alkanes of at least 4 members (excludes halogenated alkanes) is 1. The molecule has 1 aromatic rings. The lowest BCUT2D eigenvalue weighted by Gasteiger charge is -2.09. The highest BCUT2D eigenvalue weighted by Crippen LogP contribution is 2.23. The van der Waals surface area contributed by atoms with Crippen molar-refractivity contribution in [3.8, 4) is 5.75 Å². The minimum atomic E-state index is -3.57. The zero-order chi connectivity index (χ0) is 15.9. The van der Waals surface area contributed by atoms with E-state index in [0.29, 0.717) is 6.61 Å². The Morgan fingerprint density at radius 2 is 2.00 bits per heavy atom. The smallest absolute Gasteiger partial charge is 0.339 e. The second kappa shape index (κ2) is 7.99. The van der Waals surface area contributed by atoms with E-state index < -0.39 is 15.8 Å². The Bertz CT molecular complexity index is 579. The summed E-state index contributed by atoms with van der Waals surface area (Å²) in [6.07, 6.45) is 1.86. The molecule has 0 saturated heterocycles. The molecule has 7 heteroatoms. The van der Waals surface area contributed by atoms with Gasteiger partial charge in [0.25, 0.3) is 0 Å². The highest BCUT2D eigenvalue weighted by molar-refractivity contribution is 7.91. The van der Waals surface area contributed by atoms with E-state index in [9.17, 15) is 13.2 Å². The fourth-order valence-corrected chi connectivity index (χ4v) is 2.83. The molecule has 0 atom stereocenters. The first-order valence-corrected chi connectivity index (χ1v) is 8.29. The maximum absolute atomic E-state index is 12.1. The van der Waals surface area contributed by atoms with E-state index in [4.69, 9.17) is 14.6 Å².